The molecule has 170 valence electrons. The number of anilines is 1. The SMILES string of the molecule is Cc1cccc(Oc2ccc(NC(=O)CCCn3cnc4c3c(=O)n(C)c(=O)n4C)cc2)c1. The van der Waals surface area contributed by atoms with Crippen LogP contribution in [0, 0.1) is 6.92 Å². The van der Waals surface area contributed by atoms with Crippen molar-refractivity contribution in [3.8, 4) is 11.5 Å². The first-order chi connectivity index (χ1) is 15.8. The summed E-state index contributed by atoms with van der Waals surface area (Å²) in [6, 6.07) is 15.0. The number of rotatable bonds is 7. The van der Waals surface area contributed by atoms with Crippen LogP contribution < -0.4 is 21.3 Å². The number of amides is 1. The van der Waals surface area contributed by atoms with Crippen LogP contribution in [-0.4, -0.2) is 24.6 Å². The molecule has 1 amide bonds. The van der Waals surface area contributed by atoms with E-state index >= 15 is 0 Å². The maximum atomic E-state index is 12.5. The molecule has 0 aliphatic rings. The van der Waals surface area contributed by atoms with Crippen molar-refractivity contribution in [2.24, 2.45) is 14.1 Å². The van der Waals surface area contributed by atoms with Gasteiger partial charge in [0, 0.05) is 32.7 Å². The summed E-state index contributed by atoms with van der Waals surface area (Å²) in [5.41, 5.74) is 1.65. The van der Waals surface area contributed by atoms with Gasteiger partial charge in [-0.15, -0.1) is 0 Å². The van der Waals surface area contributed by atoms with Gasteiger partial charge in [0.1, 0.15) is 11.5 Å². The number of nitrogens with one attached hydrogen (secondary N) is 1. The van der Waals surface area contributed by atoms with Crippen molar-refractivity contribution in [3.63, 3.8) is 0 Å². The van der Waals surface area contributed by atoms with E-state index in [1.807, 2.05) is 31.2 Å². The normalized spacial score (nSPS) is 11.0. The van der Waals surface area contributed by atoms with Crippen LogP contribution in [0.2, 0.25) is 0 Å². The van der Waals surface area contributed by atoms with Gasteiger partial charge in [-0.2, -0.15) is 0 Å². The van der Waals surface area contributed by atoms with Crippen LogP contribution in [0.4, 0.5) is 5.69 Å². The van der Waals surface area contributed by atoms with Crippen molar-refractivity contribution in [1.29, 1.82) is 0 Å². The molecule has 0 saturated carbocycles. The standard InChI is InChI=1S/C24H25N5O4/c1-16-6-4-7-19(14-16)33-18-11-9-17(10-12-18)26-20(30)8-5-13-29-15-25-22-21(29)23(31)28(3)24(32)27(22)2/h4,6-7,9-12,14-15H,5,8,13H2,1-3H3,(H,26,30). The molecule has 33 heavy (non-hydrogen) atoms. The summed E-state index contributed by atoms with van der Waals surface area (Å²) in [7, 11) is 3.01. The monoisotopic (exact) mass is 447 g/mol. The molecule has 9 heteroatoms. The summed E-state index contributed by atoms with van der Waals surface area (Å²) in [5.74, 6) is 1.31. The summed E-state index contributed by atoms with van der Waals surface area (Å²) in [5, 5.41) is 2.87. The molecule has 9 nitrogen and oxygen atoms in total. The minimum atomic E-state index is -0.424. The Balaban J connectivity index is 1.34. The fourth-order valence-corrected chi connectivity index (χ4v) is 3.62. The molecule has 1 N–H and O–H groups in total. The maximum Gasteiger partial charge on any atom is 0.332 e. The van der Waals surface area contributed by atoms with Crippen LogP contribution in [0.25, 0.3) is 11.2 Å². The molecule has 0 aliphatic heterocycles. The van der Waals surface area contributed by atoms with Crippen molar-refractivity contribution < 1.29 is 9.53 Å². The lowest BCUT2D eigenvalue weighted by Crippen LogP contribution is -2.37. The lowest BCUT2D eigenvalue weighted by molar-refractivity contribution is -0.116. The predicted molar refractivity (Wildman–Crippen MR) is 126 cm³/mol. The zero-order valence-corrected chi connectivity index (χ0v) is 18.7. The van der Waals surface area contributed by atoms with E-state index in [4.69, 9.17) is 4.74 Å². The van der Waals surface area contributed by atoms with Gasteiger partial charge < -0.3 is 14.6 Å². The van der Waals surface area contributed by atoms with Crippen LogP contribution in [-0.2, 0) is 25.4 Å². The van der Waals surface area contributed by atoms with Gasteiger partial charge in [0.15, 0.2) is 11.2 Å². The van der Waals surface area contributed by atoms with E-state index in [1.165, 1.54) is 17.9 Å². The molecule has 0 spiro atoms. The number of fused-ring (bicyclic) bond motifs is 1. The van der Waals surface area contributed by atoms with Crippen LogP contribution in [0.5, 0.6) is 11.5 Å². The second kappa shape index (κ2) is 9.15. The smallest absolute Gasteiger partial charge is 0.332 e. The Labute approximate surface area is 189 Å². The molecule has 0 saturated heterocycles. The minimum Gasteiger partial charge on any atom is -0.457 e. The Morgan fingerprint density at radius 2 is 1.79 bits per heavy atom. The van der Waals surface area contributed by atoms with Crippen molar-refractivity contribution in [1.82, 2.24) is 18.7 Å². The topological polar surface area (TPSA) is 100 Å². The Bertz CT molecular complexity index is 1430. The molecule has 2 heterocycles. The van der Waals surface area contributed by atoms with Gasteiger partial charge in [0.2, 0.25) is 5.91 Å². The number of benzene rings is 2. The van der Waals surface area contributed by atoms with Gasteiger partial charge in [-0.25, -0.2) is 9.78 Å². The second-order valence-corrected chi connectivity index (χ2v) is 7.91. The van der Waals surface area contributed by atoms with Gasteiger partial charge >= 0.3 is 5.69 Å². The summed E-state index contributed by atoms with van der Waals surface area (Å²) >= 11 is 0. The number of carbonyl (C=O) groups excluding carboxylic acids is 1. The fourth-order valence-electron chi connectivity index (χ4n) is 3.62. The number of aryl methyl sites for hydroxylation is 3. The van der Waals surface area contributed by atoms with E-state index < -0.39 is 11.2 Å². The van der Waals surface area contributed by atoms with Crippen LogP contribution >= 0.6 is 0 Å². The molecular formula is C24H25N5O4. The van der Waals surface area contributed by atoms with E-state index in [0.717, 1.165) is 15.9 Å². The van der Waals surface area contributed by atoms with E-state index in [2.05, 4.69) is 10.3 Å². The molecule has 0 radical (unpaired) electrons. The molecule has 4 aromatic rings. The fraction of sp³-hybridized carbons (Fsp3) is 0.250. The van der Waals surface area contributed by atoms with Crippen molar-refractivity contribution in [2.45, 2.75) is 26.3 Å². The predicted octanol–water partition coefficient (Wildman–Crippen LogP) is 2.95. The van der Waals surface area contributed by atoms with Crippen LogP contribution in [0.15, 0.2) is 64.4 Å². The molecular weight excluding hydrogens is 422 g/mol. The highest BCUT2D eigenvalue weighted by Crippen LogP contribution is 2.23. The molecule has 0 unspecified atom stereocenters. The highest BCUT2D eigenvalue weighted by Gasteiger charge is 2.14. The molecule has 0 bridgehead atoms. The zero-order valence-electron chi connectivity index (χ0n) is 18.7. The Kier molecular flexibility index (Phi) is 6.12. The average molecular weight is 447 g/mol. The minimum absolute atomic E-state index is 0.132. The van der Waals surface area contributed by atoms with Gasteiger partial charge in [0.25, 0.3) is 5.56 Å². The van der Waals surface area contributed by atoms with E-state index in [9.17, 15) is 14.4 Å². The summed E-state index contributed by atoms with van der Waals surface area (Å²) in [6.07, 6.45) is 2.31. The average Bonchev–Trinajstić information content (AvgIpc) is 3.22. The molecule has 2 aromatic carbocycles. The van der Waals surface area contributed by atoms with E-state index in [0.29, 0.717) is 35.6 Å². The number of imidazole rings is 1. The highest BCUT2D eigenvalue weighted by atomic mass is 16.5. The van der Waals surface area contributed by atoms with Crippen LogP contribution in [0.3, 0.4) is 0 Å². The van der Waals surface area contributed by atoms with Crippen LogP contribution in [0.1, 0.15) is 18.4 Å². The van der Waals surface area contributed by atoms with Crippen molar-refractivity contribution in [3.05, 3.63) is 81.3 Å². The highest BCUT2D eigenvalue weighted by molar-refractivity contribution is 5.90. The summed E-state index contributed by atoms with van der Waals surface area (Å²) in [4.78, 5) is 41.1. The molecule has 2 aromatic heterocycles. The number of carbonyl (C=O) groups is 1. The zero-order chi connectivity index (χ0) is 23.5. The van der Waals surface area contributed by atoms with Gasteiger partial charge in [-0.05, 0) is 55.3 Å². The molecule has 0 atom stereocenters. The van der Waals surface area contributed by atoms with Crippen molar-refractivity contribution >= 4 is 22.8 Å². The van der Waals surface area contributed by atoms with Gasteiger partial charge in [-0.3, -0.25) is 18.7 Å². The third kappa shape index (κ3) is 4.72. The maximum absolute atomic E-state index is 12.5. The Morgan fingerprint density at radius 3 is 2.52 bits per heavy atom. The van der Waals surface area contributed by atoms with Gasteiger partial charge in [0.05, 0.1) is 6.33 Å². The first-order valence-electron chi connectivity index (χ1n) is 10.6. The number of nitrogens with zero attached hydrogens (tertiary/aromatic N) is 4. The summed E-state index contributed by atoms with van der Waals surface area (Å²) in [6.45, 7) is 2.43. The Hall–Kier alpha value is -4.14. The molecule has 0 aliphatic carbocycles. The lowest BCUT2D eigenvalue weighted by atomic mass is 10.2. The van der Waals surface area contributed by atoms with Gasteiger partial charge in [-0.1, -0.05) is 12.1 Å². The first-order valence-corrected chi connectivity index (χ1v) is 10.6. The van der Waals surface area contributed by atoms with E-state index in [-0.39, 0.29) is 12.3 Å². The third-order valence-electron chi connectivity index (χ3n) is 5.38. The lowest BCUT2D eigenvalue weighted by Gasteiger charge is -2.09. The number of aromatic nitrogens is 4. The Morgan fingerprint density at radius 1 is 1.03 bits per heavy atom. The second-order valence-electron chi connectivity index (χ2n) is 7.91. The van der Waals surface area contributed by atoms with E-state index in [1.54, 1.807) is 35.9 Å². The molecule has 0 fully saturated rings. The number of ether oxygens (including phenoxy) is 1. The van der Waals surface area contributed by atoms with Crippen molar-refractivity contribution in [2.75, 3.05) is 5.32 Å². The summed E-state index contributed by atoms with van der Waals surface area (Å²) < 4.78 is 9.90. The number of hydrogen-bond donors (Lipinski definition) is 1. The first kappa shape index (κ1) is 22.1. The largest absolute Gasteiger partial charge is 0.457 e. The third-order valence-corrected chi connectivity index (χ3v) is 5.38. The quantitative estimate of drug-likeness (QED) is 0.470. The molecule has 4 rings (SSSR count). The number of hydrogen-bond acceptors (Lipinski definition) is 5.